The molecule has 2 aromatic carbocycles. The third-order valence-corrected chi connectivity index (χ3v) is 6.03. The molecular weight excluding hydrogens is 516 g/mol. The van der Waals surface area contributed by atoms with Crippen molar-refractivity contribution >= 4 is 30.1 Å². The number of methoxy groups -OCH3 is 2. The van der Waals surface area contributed by atoms with E-state index in [0.29, 0.717) is 11.1 Å². The van der Waals surface area contributed by atoms with E-state index in [1.54, 1.807) is 0 Å². The van der Waals surface area contributed by atoms with Crippen LogP contribution in [-0.2, 0) is 23.9 Å². The van der Waals surface area contributed by atoms with Gasteiger partial charge in [-0.3, -0.25) is 0 Å². The highest BCUT2D eigenvalue weighted by Gasteiger charge is 2.54. The lowest BCUT2D eigenvalue weighted by atomic mass is 9.79. The number of ether oxygens (including phenoxy) is 4. The number of rotatable bonds is 9. The first-order valence-corrected chi connectivity index (χ1v) is 11.6. The summed E-state index contributed by atoms with van der Waals surface area (Å²) < 4.78 is 20.4. The molecule has 12 heteroatoms. The van der Waals surface area contributed by atoms with Crippen LogP contribution in [0.5, 0.6) is 23.0 Å². The fourth-order valence-corrected chi connectivity index (χ4v) is 3.99. The minimum Gasteiger partial charge on any atom is -0.504 e. The maximum absolute atomic E-state index is 12.5. The highest BCUT2D eigenvalue weighted by molar-refractivity contribution is 5.91. The molecule has 0 aliphatic heterocycles. The normalized spacial score (nSPS) is 22.9. The second-order valence-electron chi connectivity index (χ2n) is 8.69. The second kappa shape index (κ2) is 12.3. The standard InChI is InChI=1S/C27H28O12/c1-36-20-11-15(3-7-17(20)28)5-9-23(31)38-22-14-27(26(34)35,13-19(30)25(22)33)39-24(32)10-6-16-4-8-18(29)21(12-16)37-2/h3-12,19,22,25,28-30,33H,13-14H2,1-2H3,(H,34,35)/b9-5+,10-6+/t19-,22-,25+,27-/m1/s1. The molecule has 0 spiro atoms. The van der Waals surface area contributed by atoms with Gasteiger partial charge in [0.05, 0.1) is 20.3 Å². The molecule has 4 atom stereocenters. The Morgan fingerprint density at radius 2 is 1.36 bits per heavy atom. The smallest absolute Gasteiger partial charge is 0.348 e. The van der Waals surface area contributed by atoms with Gasteiger partial charge in [0.2, 0.25) is 5.60 Å². The van der Waals surface area contributed by atoms with E-state index in [9.17, 15) is 39.9 Å². The lowest BCUT2D eigenvalue weighted by Crippen LogP contribution is -2.58. The number of carboxylic acid groups (broad SMARTS) is 1. The van der Waals surface area contributed by atoms with Crippen molar-refractivity contribution in [1.82, 2.24) is 0 Å². The Labute approximate surface area is 222 Å². The Morgan fingerprint density at radius 1 is 0.846 bits per heavy atom. The summed E-state index contributed by atoms with van der Waals surface area (Å²) in [4.78, 5) is 37.1. The third kappa shape index (κ3) is 7.06. The Bertz CT molecular complexity index is 1280. The molecular formula is C27H28O12. The first-order valence-electron chi connectivity index (χ1n) is 11.6. The van der Waals surface area contributed by atoms with Crippen molar-refractivity contribution in [3.05, 3.63) is 59.7 Å². The molecule has 0 unspecified atom stereocenters. The molecule has 0 amide bonds. The van der Waals surface area contributed by atoms with Crippen LogP contribution < -0.4 is 9.47 Å². The molecule has 0 bridgehead atoms. The van der Waals surface area contributed by atoms with Gasteiger partial charge in [-0.05, 0) is 47.5 Å². The molecule has 2 aromatic rings. The van der Waals surface area contributed by atoms with E-state index in [2.05, 4.69) is 0 Å². The zero-order valence-electron chi connectivity index (χ0n) is 21.0. The molecule has 39 heavy (non-hydrogen) atoms. The van der Waals surface area contributed by atoms with Gasteiger partial charge in [-0.15, -0.1) is 0 Å². The summed E-state index contributed by atoms with van der Waals surface area (Å²) in [5, 5.41) is 49.9. The Morgan fingerprint density at radius 3 is 1.85 bits per heavy atom. The van der Waals surface area contributed by atoms with E-state index in [-0.39, 0.29) is 23.0 Å². The van der Waals surface area contributed by atoms with Gasteiger partial charge < -0.3 is 44.5 Å². The minimum absolute atomic E-state index is 0.103. The maximum Gasteiger partial charge on any atom is 0.348 e. The van der Waals surface area contributed by atoms with E-state index >= 15 is 0 Å². The van der Waals surface area contributed by atoms with Gasteiger partial charge in [0.15, 0.2) is 23.0 Å². The van der Waals surface area contributed by atoms with Gasteiger partial charge >= 0.3 is 17.9 Å². The molecule has 0 heterocycles. The molecule has 1 saturated carbocycles. The van der Waals surface area contributed by atoms with Crippen molar-refractivity contribution < 1.29 is 58.9 Å². The van der Waals surface area contributed by atoms with Crippen LogP contribution in [0.15, 0.2) is 48.6 Å². The fourth-order valence-electron chi connectivity index (χ4n) is 3.99. The Kier molecular flexibility index (Phi) is 9.17. The summed E-state index contributed by atoms with van der Waals surface area (Å²) in [6.45, 7) is 0. The zero-order chi connectivity index (χ0) is 28.7. The van der Waals surface area contributed by atoms with Crippen LogP contribution in [0.25, 0.3) is 12.2 Å². The van der Waals surface area contributed by atoms with Crippen molar-refractivity contribution in [2.24, 2.45) is 0 Å². The van der Waals surface area contributed by atoms with Crippen molar-refractivity contribution in [2.45, 2.75) is 36.8 Å². The maximum atomic E-state index is 12.5. The van der Waals surface area contributed by atoms with Crippen LogP contribution in [0.2, 0.25) is 0 Å². The number of hydrogen-bond donors (Lipinski definition) is 5. The number of esters is 2. The number of benzene rings is 2. The first kappa shape index (κ1) is 29.0. The number of aliphatic carboxylic acids is 1. The summed E-state index contributed by atoms with van der Waals surface area (Å²) >= 11 is 0. The highest BCUT2D eigenvalue weighted by Crippen LogP contribution is 2.35. The number of carbonyl (C=O) groups excluding carboxylic acids is 2. The van der Waals surface area contributed by atoms with Crippen LogP contribution in [0.1, 0.15) is 24.0 Å². The number of hydrogen-bond acceptors (Lipinski definition) is 11. The molecule has 0 radical (unpaired) electrons. The zero-order valence-corrected chi connectivity index (χ0v) is 21.0. The van der Waals surface area contributed by atoms with Gasteiger partial charge in [-0.2, -0.15) is 0 Å². The largest absolute Gasteiger partial charge is 0.504 e. The van der Waals surface area contributed by atoms with Gasteiger partial charge in [-0.25, -0.2) is 14.4 Å². The molecule has 208 valence electrons. The average molecular weight is 545 g/mol. The number of aromatic hydroxyl groups is 2. The molecule has 0 aromatic heterocycles. The summed E-state index contributed by atoms with van der Waals surface area (Å²) in [5.74, 6) is -3.53. The molecule has 12 nitrogen and oxygen atoms in total. The molecule has 1 fully saturated rings. The second-order valence-corrected chi connectivity index (χ2v) is 8.69. The predicted molar refractivity (Wildman–Crippen MR) is 135 cm³/mol. The van der Waals surface area contributed by atoms with E-state index < -0.39 is 54.7 Å². The molecule has 3 rings (SSSR count). The first-order chi connectivity index (χ1) is 18.5. The summed E-state index contributed by atoms with van der Waals surface area (Å²) in [7, 11) is 2.70. The number of carboxylic acids is 1. The van der Waals surface area contributed by atoms with Crippen LogP contribution in [0, 0.1) is 0 Å². The summed E-state index contributed by atoms with van der Waals surface area (Å²) in [6, 6.07) is 8.56. The topological polar surface area (TPSA) is 189 Å². The van der Waals surface area contributed by atoms with Crippen molar-refractivity contribution in [2.75, 3.05) is 14.2 Å². The van der Waals surface area contributed by atoms with E-state index in [0.717, 1.165) is 12.2 Å². The average Bonchev–Trinajstić information content (AvgIpc) is 2.90. The number of phenolic OH excluding ortho intramolecular Hbond substituents is 2. The van der Waals surface area contributed by atoms with Crippen molar-refractivity contribution in [1.29, 1.82) is 0 Å². The van der Waals surface area contributed by atoms with Gasteiger partial charge in [-0.1, -0.05) is 12.1 Å². The van der Waals surface area contributed by atoms with Gasteiger partial charge in [0.1, 0.15) is 12.2 Å². The van der Waals surface area contributed by atoms with E-state index in [1.165, 1.54) is 62.8 Å². The van der Waals surface area contributed by atoms with Crippen LogP contribution in [0.3, 0.4) is 0 Å². The molecule has 5 N–H and O–H groups in total. The Hall–Kier alpha value is -4.55. The summed E-state index contributed by atoms with van der Waals surface area (Å²) in [6.07, 6.45) is -1.52. The quantitative estimate of drug-likeness (QED) is 0.227. The lowest BCUT2D eigenvalue weighted by molar-refractivity contribution is -0.207. The number of aliphatic hydroxyl groups excluding tert-OH is 2. The van der Waals surface area contributed by atoms with Crippen LogP contribution in [-0.4, -0.2) is 81.6 Å². The predicted octanol–water partition coefficient (Wildman–Crippen LogP) is 1.64. The van der Waals surface area contributed by atoms with E-state index in [4.69, 9.17) is 18.9 Å². The van der Waals surface area contributed by atoms with Crippen molar-refractivity contribution in [3.63, 3.8) is 0 Å². The van der Waals surface area contributed by atoms with Gasteiger partial charge in [0.25, 0.3) is 0 Å². The molecule has 0 saturated heterocycles. The molecule has 1 aliphatic carbocycles. The molecule has 1 aliphatic rings. The van der Waals surface area contributed by atoms with Crippen LogP contribution in [0.4, 0.5) is 0 Å². The summed E-state index contributed by atoms with van der Waals surface area (Å²) in [5.41, 5.74) is -1.39. The van der Waals surface area contributed by atoms with Crippen molar-refractivity contribution in [3.8, 4) is 23.0 Å². The van der Waals surface area contributed by atoms with E-state index in [1.807, 2.05) is 0 Å². The monoisotopic (exact) mass is 544 g/mol. The number of aliphatic hydroxyl groups is 2. The van der Waals surface area contributed by atoms with Gasteiger partial charge in [0, 0.05) is 25.0 Å². The highest BCUT2D eigenvalue weighted by atomic mass is 16.6. The Balaban J connectivity index is 1.73. The number of phenols is 2. The minimum atomic E-state index is -2.30. The SMILES string of the molecule is COc1cc(/C=C/C(=O)O[C@@H]2C[C@@](OC(=O)/C=C/c3ccc(O)c(OC)c3)(C(=O)O)C[C@@H](O)[C@@H]2O)ccc1O. The third-order valence-electron chi connectivity index (χ3n) is 6.03. The fraction of sp³-hybridized carbons (Fsp3) is 0.296. The number of carbonyl (C=O) groups is 3. The van der Waals surface area contributed by atoms with Crippen LogP contribution >= 0.6 is 0 Å². The lowest BCUT2D eigenvalue weighted by Gasteiger charge is -2.41.